The van der Waals surface area contributed by atoms with Gasteiger partial charge >= 0.3 is 0 Å². The lowest BCUT2D eigenvalue weighted by molar-refractivity contribution is 0.0371. The van der Waals surface area contributed by atoms with E-state index in [1.165, 1.54) is 11.3 Å². The molecule has 0 spiro atoms. The minimum absolute atomic E-state index is 0.140. The lowest BCUT2D eigenvalue weighted by Gasteiger charge is -2.26. The van der Waals surface area contributed by atoms with E-state index in [-0.39, 0.29) is 11.8 Å². The molecule has 5 heteroatoms. The quantitative estimate of drug-likeness (QED) is 0.571. The molecule has 0 bridgehead atoms. The van der Waals surface area contributed by atoms with Gasteiger partial charge in [-0.25, -0.2) is 0 Å². The summed E-state index contributed by atoms with van der Waals surface area (Å²) in [7, 11) is 0. The molecule has 0 aliphatic carbocycles. The van der Waals surface area contributed by atoms with Gasteiger partial charge < -0.3 is 4.74 Å². The Bertz CT molecular complexity index is 532. The normalized spacial score (nSPS) is 18.5. The predicted octanol–water partition coefficient (Wildman–Crippen LogP) is 2.18. The minimum Gasteiger partial charge on any atom is -0.379 e. The molecule has 0 atom stereocenters. The van der Waals surface area contributed by atoms with E-state index in [9.17, 15) is 9.59 Å². The highest BCUT2D eigenvalue weighted by molar-refractivity contribution is 6.21. The van der Waals surface area contributed by atoms with Gasteiger partial charge in [0.2, 0.25) is 0 Å². The van der Waals surface area contributed by atoms with Crippen LogP contribution in [0.4, 0.5) is 0 Å². The van der Waals surface area contributed by atoms with Gasteiger partial charge in [0.25, 0.3) is 11.8 Å². The molecule has 3 rings (SSSR count). The number of unbranched alkanes of at least 4 members (excludes halogenated alkanes) is 3. The Morgan fingerprint density at radius 2 is 1.39 bits per heavy atom. The maximum Gasteiger partial charge on any atom is 0.261 e. The molecule has 5 nitrogen and oxygen atoms in total. The van der Waals surface area contributed by atoms with E-state index < -0.39 is 0 Å². The lowest BCUT2D eigenvalue weighted by Crippen LogP contribution is -2.36. The fourth-order valence-electron chi connectivity index (χ4n) is 3.23. The third-order valence-electron chi connectivity index (χ3n) is 4.59. The monoisotopic (exact) mass is 316 g/mol. The largest absolute Gasteiger partial charge is 0.379 e. The zero-order chi connectivity index (χ0) is 16.1. The Morgan fingerprint density at radius 1 is 0.826 bits per heavy atom. The summed E-state index contributed by atoms with van der Waals surface area (Å²) in [4.78, 5) is 28.3. The van der Waals surface area contributed by atoms with Gasteiger partial charge in [0.05, 0.1) is 24.3 Å². The van der Waals surface area contributed by atoms with E-state index in [1.807, 2.05) is 0 Å². The van der Waals surface area contributed by atoms with E-state index in [0.717, 1.165) is 52.1 Å². The smallest absolute Gasteiger partial charge is 0.261 e. The number of carbonyl (C=O) groups excluding carboxylic acids is 2. The van der Waals surface area contributed by atoms with Crippen LogP contribution in [0.25, 0.3) is 0 Å². The maximum atomic E-state index is 12.2. The van der Waals surface area contributed by atoms with Crippen molar-refractivity contribution in [3.63, 3.8) is 0 Å². The molecule has 0 saturated carbocycles. The van der Waals surface area contributed by atoms with Crippen LogP contribution >= 0.6 is 0 Å². The molecule has 124 valence electrons. The van der Waals surface area contributed by atoms with E-state index in [2.05, 4.69) is 4.90 Å². The van der Waals surface area contributed by atoms with Crippen LogP contribution in [0, 0.1) is 0 Å². The van der Waals surface area contributed by atoms with E-state index in [0.29, 0.717) is 17.7 Å². The Labute approximate surface area is 137 Å². The highest BCUT2D eigenvalue weighted by Crippen LogP contribution is 2.22. The molecule has 0 N–H and O–H groups in total. The number of rotatable bonds is 7. The van der Waals surface area contributed by atoms with Gasteiger partial charge in [-0.05, 0) is 31.5 Å². The molecule has 1 saturated heterocycles. The average molecular weight is 316 g/mol. The molecule has 2 aliphatic rings. The van der Waals surface area contributed by atoms with Crippen LogP contribution in [0.5, 0.6) is 0 Å². The molecule has 0 unspecified atom stereocenters. The van der Waals surface area contributed by atoms with Gasteiger partial charge in [-0.1, -0.05) is 25.0 Å². The van der Waals surface area contributed by atoms with Crippen molar-refractivity contribution >= 4 is 11.8 Å². The zero-order valence-electron chi connectivity index (χ0n) is 13.5. The van der Waals surface area contributed by atoms with Gasteiger partial charge in [-0.2, -0.15) is 0 Å². The summed E-state index contributed by atoms with van der Waals surface area (Å²) in [6.45, 7) is 5.42. The van der Waals surface area contributed by atoms with Gasteiger partial charge in [0.1, 0.15) is 0 Å². The van der Waals surface area contributed by atoms with Crippen molar-refractivity contribution in [3.05, 3.63) is 35.4 Å². The van der Waals surface area contributed by atoms with Crippen molar-refractivity contribution in [3.8, 4) is 0 Å². The molecule has 1 fully saturated rings. The van der Waals surface area contributed by atoms with Crippen molar-refractivity contribution in [1.29, 1.82) is 0 Å². The summed E-state index contributed by atoms with van der Waals surface area (Å²) in [5.74, 6) is -0.280. The third kappa shape index (κ3) is 3.79. The number of nitrogens with zero attached hydrogens (tertiary/aromatic N) is 2. The summed E-state index contributed by atoms with van der Waals surface area (Å²) in [5.41, 5.74) is 1.09. The number of hydrogen-bond acceptors (Lipinski definition) is 4. The van der Waals surface area contributed by atoms with E-state index in [1.54, 1.807) is 24.3 Å². The number of fused-ring (bicyclic) bond motifs is 1. The maximum absolute atomic E-state index is 12.2. The van der Waals surface area contributed by atoms with Crippen LogP contribution in [-0.4, -0.2) is 61.0 Å². The van der Waals surface area contributed by atoms with Crippen LogP contribution in [0.3, 0.4) is 0 Å². The topological polar surface area (TPSA) is 49.9 Å². The van der Waals surface area contributed by atoms with Crippen LogP contribution in [0.15, 0.2) is 24.3 Å². The first-order valence-electron chi connectivity index (χ1n) is 8.53. The second kappa shape index (κ2) is 7.70. The van der Waals surface area contributed by atoms with Crippen molar-refractivity contribution in [2.24, 2.45) is 0 Å². The molecular formula is C18H24N2O3. The zero-order valence-corrected chi connectivity index (χ0v) is 13.5. The summed E-state index contributed by atoms with van der Waals surface area (Å²) in [6, 6.07) is 7.08. The second-order valence-corrected chi connectivity index (χ2v) is 6.18. The summed E-state index contributed by atoms with van der Waals surface area (Å²) < 4.78 is 5.34. The Hall–Kier alpha value is -1.72. The standard InChI is InChI=1S/C18H24N2O3/c21-17-15-7-3-4-8-16(15)18(22)20(17)10-6-2-1-5-9-19-11-13-23-14-12-19/h3-4,7-8H,1-2,5-6,9-14H2. The fourth-order valence-corrected chi connectivity index (χ4v) is 3.23. The lowest BCUT2D eigenvalue weighted by atomic mass is 10.1. The number of hydrogen-bond donors (Lipinski definition) is 0. The Balaban J connectivity index is 1.35. The SMILES string of the molecule is O=C1c2ccccc2C(=O)N1CCCCCCN1CCOCC1. The average Bonchev–Trinajstić information content (AvgIpc) is 2.84. The first-order chi connectivity index (χ1) is 11.3. The van der Waals surface area contributed by atoms with Crippen LogP contribution in [-0.2, 0) is 4.74 Å². The molecule has 0 aromatic heterocycles. The van der Waals surface area contributed by atoms with E-state index >= 15 is 0 Å². The van der Waals surface area contributed by atoms with Gasteiger partial charge in [0.15, 0.2) is 0 Å². The molecule has 2 heterocycles. The number of ether oxygens (including phenoxy) is 1. The highest BCUT2D eigenvalue weighted by atomic mass is 16.5. The molecule has 1 aromatic rings. The first kappa shape index (κ1) is 16.1. The number of carbonyl (C=O) groups is 2. The molecule has 23 heavy (non-hydrogen) atoms. The molecule has 0 radical (unpaired) electrons. The number of benzene rings is 1. The second-order valence-electron chi connectivity index (χ2n) is 6.18. The van der Waals surface area contributed by atoms with E-state index in [4.69, 9.17) is 4.74 Å². The summed E-state index contributed by atoms with van der Waals surface area (Å²) >= 11 is 0. The van der Waals surface area contributed by atoms with Crippen molar-refractivity contribution in [2.75, 3.05) is 39.4 Å². The summed E-state index contributed by atoms with van der Waals surface area (Å²) in [5, 5.41) is 0. The molecule has 1 aromatic carbocycles. The minimum atomic E-state index is -0.140. The molecule has 2 amide bonds. The third-order valence-corrected chi connectivity index (χ3v) is 4.59. The number of amides is 2. The van der Waals surface area contributed by atoms with Crippen LogP contribution in [0.2, 0.25) is 0 Å². The Kier molecular flexibility index (Phi) is 5.41. The molecule has 2 aliphatic heterocycles. The van der Waals surface area contributed by atoms with Crippen LogP contribution < -0.4 is 0 Å². The van der Waals surface area contributed by atoms with Crippen molar-refractivity contribution < 1.29 is 14.3 Å². The van der Waals surface area contributed by atoms with Gasteiger partial charge in [-0.15, -0.1) is 0 Å². The van der Waals surface area contributed by atoms with Gasteiger partial charge in [-0.3, -0.25) is 19.4 Å². The number of imide groups is 1. The first-order valence-corrected chi connectivity index (χ1v) is 8.53. The highest BCUT2D eigenvalue weighted by Gasteiger charge is 2.34. The van der Waals surface area contributed by atoms with Crippen molar-refractivity contribution in [2.45, 2.75) is 25.7 Å². The fraction of sp³-hybridized carbons (Fsp3) is 0.556. The van der Waals surface area contributed by atoms with Crippen molar-refractivity contribution in [1.82, 2.24) is 9.80 Å². The molecular weight excluding hydrogens is 292 g/mol. The summed E-state index contributed by atoms with van der Waals surface area (Å²) in [6.07, 6.45) is 4.25. The van der Waals surface area contributed by atoms with Gasteiger partial charge in [0, 0.05) is 19.6 Å². The number of morpholine rings is 1. The predicted molar refractivity (Wildman–Crippen MR) is 87.5 cm³/mol. The Morgan fingerprint density at radius 3 is 2.00 bits per heavy atom. The van der Waals surface area contributed by atoms with Crippen LogP contribution in [0.1, 0.15) is 46.4 Å².